The van der Waals surface area contributed by atoms with E-state index in [-0.39, 0.29) is 5.91 Å². The Morgan fingerprint density at radius 2 is 2.05 bits per heavy atom. The van der Waals surface area contributed by atoms with Crippen LogP contribution in [-0.4, -0.2) is 30.0 Å². The van der Waals surface area contributed by atoms with Crippen LogP contribution in [0.25, 0.3) is 0 Å². The molecule has 6 nitrogen and oxygen atoms in total. The van der Waals surface area contributed by atoms with E-state index in [1.165, 1.54) is 11.3 Å². The van der Waals surface area contributed by atoms with Gasteiger partial charge in [0.25, 0.3) is 5.91 Å². The molecule has 3 rings (SSSR count). The second-order valence-electron chi connectivity index (χ2n) is 4.65. The molecule has 2 N–H and O–H groups in total. The molecule has 0 spiro atoms. The van der Waals surface area contributed by atoms with Crippen LogP contribution in [0.4, 0.5) is 5.13 Å². The number of carbonyl (C=O) groups excluding carboxylic acids is 1. The van der Waals surface area contributed by atoms with Crippen molar-refractivity contribution in [2.45, 2.75) is 13.1 Å². The Labute approximate surface area is 126 Å². The Morgan fingerprint density at radius 3 is 2.71 bits per heavy atom. The second-order valence-corrected chi connectivity index (χ2v) is 5.77. The van der Waals surface area contributed by atoms with E-state index in [1.54, 1.807) is 37.3 Å². The number of nitrogen functional groups attached to an aromatic ring is 1. The predicted octanol–water partition coefficient (Wildman–Crippen LogP) is 1.90. The molecule has 0 saturated carbocycles. The first-order chi connectivity index (χ1) is 10.1. The summed E-state index contributed by atoms with van der Waals surface area (Å²) in [5.41, 5.74) is 7.13. The highest BCUT2D eigenvalue weighted by molar-refractivity contribution is 7.15. The zero-order chi connectivity index (χ0) is 15.0. The predicted molar refractivity (Wildman–Crippen MR) is 79.6 cm³/mol. The molecule has 21 heavy (non-hydrogen) atoms. The van der Waals surface area contributed by atoms with Crippen molar-refractivity contribution < 1.29 is 14.3 Å². The van der Waals surface area contributed by atoms with Gasteiger partial charge in [-0.25, -0.2) is 4.98 Å². The van der Waals surface area contributed by atoms with E-state index in [0.29, 0.717) is 35.3 Å². The second kappa shape index (κ2) is 5.25. The molecule has 0 bridgehead atoms. The van der Waals surface area contributed by atoms with Gasteiger partial charge in [-0.3, -0.25) is 4.79 Å². The first kappa shape index (κ1) is 13.7. The molecule has 7 heteroatoms. The summed E-state index contributed by atoms with van der Waals surface area (Å²) in [5.74, 6) is 1.09. The fraction of sp³-hybridized carbons (Fsp3) is 0.286. The normalized spacial score (nSPS) is 13.1. The lowest BCUT2D eigenvalue weighted by atomic mass is 10.1. The van der Waals surface area contributed by atoms with E-state index >= 15 is 0 Å². The topological polar surface area (TPSA) is 77.7 Å². The number of nitrogens with two attached hydrogens (primary N) is 1. The molecule has 1 aromatic heterocycles. The van der Waals surface area contributed by atoms with Crippen LogP contribution >= 0.6 is 11.3 Å². The number of fused-ring (bicyclic) bond motifs is 1. The number of ether oxygens (including phenoxy) is 2. The minimum atomic E-state index is -0.0558. The monoisotopic (exact) mass is 305 g/mol. The quantitative estimate of drug-likeness (QED) is 0.937. The molecule has 1 aliphatic heterocycles. The van der Waals surface area contributed by atoms with Gasteiger partial charge in [-0.05, 0) is 18.2 Å². The summed E-state index contributed by atoms with van der Waals surface area (Å²) < 4.78 is 10.4. The molecule has 2 heterocycles. The molecule has 0 fully saturated rings. The third-order valence-corrected chi connectivity index (χ3v) is 4.30. The van der Waals surface area contributed by atoms with E-state index in [2.05, 4.69) is 4.98 Å². The molecule has 0 unspecified atom stereocenters. The Kier molecular flexibility index (Phi) is 3.42. The first-order valence-corrected chi connectivity index (χ1v) is 7.19. The van der Waals surface area contributed by atoms with Crippen molar-refractivity contribution in [2.24, 2.45) is 0 Å². The molecule has 1 aliphatic rings. The fourth-order valence-electron chi connectivity index (χ4n) is 2.36. The lowest BCUT2D eigenvalue weighted by molar-refractivity contribution is 0.0750. The summed E-state index contributed by atoms with van der Waals surface area (Å²) in [4.78, 5) is 19.6. The maximum absolute atomic E-state index is 12.5. The Bertz CT molecular complexity index is 675. The molecule has 110 valence electrons. The number of nitrogens with zero attached hydrogens (tertiary/aromatic N) is 2. The highest BCUT2D eigenvalue weighted by Crippen LogP contribution is 2.32. The van der Waals surface area contributed by atoms with Crippen LogP contribution in [0.3, 0.4) is 0 Å². The summed E-state index contributed by atoms with van der Waals surface area (Å²) in [6.45, 7) is 1.05. The van der Waals surface area contributed by atoms with Crippen LogP contribution in [0, 0.1) is 0 Å². The number of benzene rings is 1. The third-order valence-electron chi connectivity index (χ3n) is 3.39. The number of hydrogen-bond acceptors (Lipinski definition) is 6. The van der Waals surface area contributed by atoms with E-state index in [0.717, 1.165) is 10.6 Å². The number of rotatable bonds is 3. The van der Waals surface area contributed by atoms with Gasteiger partial charge < -0.3 is 20.1 Å². The highest BCUT2D eigenvalue weighted by Gasteiger charge is 2.27. The summed E-state index contributed by atoms with van der Waals surface area (Å²) in [6, 6.07) is 5.15. The molecular formula is C14H15N3O3S. The number of amides is 1. The number of hydrogen-bond donors (Lipinski definition) is 1. The summed E-state index contributed by atoms with van der Waals surface area (Å²) in [7, 11) is 3.11. The Hall–Kier alpha value is -2.28. The molecule has 1 aromatic carbocycles. The van der Waals surface area contributed by atoms with E-state index < -0.39 is 0 Å². The molecule has 0 aliphatic carbocycles. The van der Waals surface area contributed by atoms with Gasteiger partial charge in [0.15, 0.2) is 16.6 Å². The number of thiazole rings is 1. The van der Waals surface area contributed by atoms with Crippen LogP contribution < -0.4 is 15.2 Å². The average Bonchev–Trinajstić information content (AvgIpc) is 3.02. The van der Waals surface area contributed by atoms with Crippen LogP contribution in [0.5, 0.6) is 11.5 Å². The third kappa shape index (κ3) is 2.40. The van der Waals surface area contributed by atoms with Crippen LogP contribution in [0.1, 0.15) is 20.9 Å². The van der Waals surface area contributed by atoms with Crippen molar-refractivity contribution in [3.05, 3.63) is 34.3 Å². The van der Waals surface area contributed by atoms with Crippen molar-refractivity contribution in [3.8, 4) is 11.5 Å². The molecule has 0 atom stereocenters. The Balaban J connectivity index is 1.82. The average molecular weight is 305 g/mol. The van der Waals surface area contributed by atoms with E-state index in [4.69, 9.17) is 15.2 Å². The highest BCUT2D eigenvalue weighted by atomic mass is 32.1. The largest absolute Gasteiger partial charge is 0.493 e. The van der Waals surface area contributed by atoms with Crippen molar-refractivity contribution in [1.29, 1.82) is 0 Å². The lowest BCUT2D eigenvalue weighted by Gasteiger charge is -2.16. The molecule has 0 radical (unpaired) electrons. The standard InChI is InChI=1S/C14H15N3O3S/c1-19-10-4-3-8(5-11(10)20-2)13(18)17-6-9-12(7-17)21-14(15)16-9/h3-5H,6-7H2,1-2H3,(H2,15,16). The van der Waals surface area contributed by atoms with Gasteiger partial charge in [0.1, 0.15) is 0 Å². The minimum absolute atomic E-state index is 0.0558. The van der Waals surface area contributed by atoms with Crippen LogP contribution in [0.15, 0.2) is 18.2 Å². The molecule has 1 amide bonds. The zero-order valence-electron chi connectivity index (χ0n) is 11.8. The number of carbonyl (C=O) groups is 1. The van der Waals surface area contributed by atoms with Gasteiger partial charge in [-0.15, -0.1) is 11.3 Å². The number of anilines is 1. The molecule has 2 aromatic rings. The number of methoxy groups -OCH3 is 2. The summed E-state index contributed by atoms with van der Waals surface area (Å²) in [5, 5.41) is 0.554. The van der Waals surface area contributed by atoms with E-state index in [9.17, 15) is 4.79 Å². The zero-order valence-corrected chi connectivity index (χ0v) is 12.6. The van der Waals surface area contributed by atoms with Crippen molar-refractivity contribution in [3.63, 3.8) is 0 Å². The summed E-state index contributed by atoms with van der Waals surface area (Å²) >= 11 is 1.44. The molecule has 0 saturated heterocycles. The van der Waals surface area contributed by atoms with Gasteiger partial charge >= 0.3 is 0 Å². The van der Waals surface area contributed by atoms with Crippen molar-refractivity contribution in [2.75, 3.05) is 20.0 Å². The maximum atomic E-state index is 12.5. The van der Waals surface area contributed by atoms with Crippen LogP contribution in [0.2, 0.25) is 0 Å². The van der Waals surface area contributed by atoms with Gasteiger partial charge in [-0.2, -0.15) is 0 Å². The van der Waals surface area contributed by atoms with Gasteiger partial charge in [0.05, 0.1) is 37.9 Å². The smallest absolute Gasteiger partial charge is 0.254 e. The maximum Gasteiger partial charge on any atom is 0.254 e. The van der Waals surface area contributed by atoms with Gasteiger partial charge in [-0.1, -0.05) is 0 Å². The van der Waals surface area contributed by atoms with Crippen LogP contribution in [-0.2, 0) is 13.1 Å². The first-order valence-electron chi connectivity index (χ1n) is 6.37. The SMILES string of the molecule is COc1ccc(C(=O)N2Cc3nc(N)sc3C2)cc1OC. The Morgan fingerprint density at radius 1 is 1.29 bits per heavy atom. The number of aromatic nitrogens is 1. The summed E-state index contributed by atoms with van der Waals surface area (Å²) in [6.07, 6.45) is 0. The minimum Gasteiger partial charge on any atom is -0.493 e. The molecular weight excluding hydrogens is 290 g/mol. The lowest BCUT2D eigenvalue weighted by Crippen LogP contribution is -2.25. The van der Waals surface area contributed by atoms with Crippen molar-refractivity contribution in [1.82, 2.24) is 9.88 Å². The fourth-order valence-corrected chi connectivity index (χ4v) is 3.21. The van der Waals surface area contributed by atoms with Gasteiger partial charge in [0, 0.05) is 5.56 Å². The van der Waals surface area contributed by atoms with Crippen molar-refractivity contribution >= 4 is 22.4 Å². The van der Waals surface area contributed by atoms with E-state index in [1.807, 2.05) is 0 Å². The van der Waals surface area contributed by atoms with Gasteiger partial charge in [0.2, 0.25) is 0 Å².